The molecule has 0 fully saturated rings. The van der Waals surface area contributed by atoms with E-state index in [-0.39, 0.29) is 76.9 Å². The first-order valence-corrected chi connectivity index (χ1v) is 2.19. The Morgan fingerprint density at radius 2 is 1.14 bits per heavy atom. The van der Waals surface area contributed by atoms with Crippen molar-refractivity contribution in [2.24, 2.45) is 0 Å². The summed E-state index contributed by atoms with van der Waals surface area (Å²) in [5.74, 6) is 0. The van der Waals surface area contributed by atoms with E-state index in [1.165, 1.54) is 0 Å². The molecule has 0 atom stereocenters. The molecule has 0 aliphatic rings. The standard InChI is InChI=1S/La.H3O4P.Pr/c;1-5(2,3)4;/h;(H3,1,2,3,4);/q;;+3/p-3. The molecule has 7 heavy (non-hydrogen) atoms. The molecule has 0 rings (SSSR count). The van der Waals surface area contributed by atoms with Crippen LogP contribution in [-0.4, -0.2) is 0 Å². The first kappa shape index (κ1) is 16.3. The zero-order valence-corrected chi connectivity index (χ0v) is 11.5. The van der Waals surface area contributed by atoms with Gasteiger partial charge in [-0.15, -0.1) is 0 Å². The van der Waals surface area contributed by atoms with Crippen molar-refractivity contribution in [2.75, 3.05) is 0 Å². The number of hydrogen-bond acceptors (Lipinski definition) is 4. The Kier molecular flexibility index (Phi) is 15.8. The maximum atomic E-state index is 8.55. The van der Waals surface area contributed by atoms with Gasteiger partial charge in [-0.1, -0.05) is 0 Å². The molecule has 0 amide bonds. The molecule has 0 unspecified atom stereocenters. The SMILES string of the molecule is O=P([O-])([O-])[O-].[La].[Pr+3]. The van der Waals surface area contributed by atoms with Crippen molar-refractivity contribution in [2.45, 2.75) is 0 Å². The monoisotopic (exact) mass is 375 g/mol. The normalized spacial score (nSPS) is 8.43. The van der Waals surface area contributed by atoms with Crippen molar-refractivity contribution in [3.63, 3.8) is 0 Å². The van der Waals surface area contributed by atoms with Gasteiger partial charge in [0, 0.05) is 35.6 Å². The van der Waals surface area contributed by atoms with E-state index in [0.717, 1.165) is 0 Å². The van der Waals surface area contributed by atoms with Gasteiger partial charge in [-0.05, 0) is 0 Å². The largest absolute Gasteiger partial charge is 3.00 e. The quantitative estimate of drug-likeness (QED) is 0.428. The minimum Gasteiger partial charge on any atom is -0.822 e. The summed E-state index contributed by atoms with van der Waals surface area (Å²) in [5.41, 5.74) is 0. The molecular weight excluding hydrogens is 375 g/mol. The van der Waals surface area contributed by atoms with E-state index < -0.39 is 7.82 Å². The minimum absolute atomic E-state index is 0. The van der Waals surface area contributed by atoms with Crippen LogP contribution in [0, 0.1) is 76.9 Å². The topological polar surface area (TPSA) is 86.2 Å². The summed E-state index contributed by atoms with van der Waals surface area (Å²) in [6, 6.07) is 0. The maximum absolute atomic E-state index is 8.55. The average Bonchev–Trinajstić information content (AvgIpc) is 0.722. The van der Waals surface area contributed by atoms with Crippen LogP contribution >= 0.6 is 7.82 Å². The smallest absolute Gasteiger partial charge is 0.822 e. The summed E-state index contributed by atoms with van der Waals surface area (Å²) < 4.78 is 8.55. The van der Waals surface area contributed by atoms with Crippen LogP contribution in [0.2, 0.25) is 0 Å². The van der Waals surface area contributed by atoms with E-state index in [0.29, 0.717) is 0 Å². The Labute approximate surface area is 102 Å². The van der Waals surface area contributed by atoms with Crippen LogP contribution in [-0.2, 0) is 4.57 Å². The molecule has 0 heterocycles. The van der Waals surface area contributed by atoms with Gasteiger partial charge in [-0.3, -0.25) is 0 Å². The van der Waals surface area contributed by atoms with Crippen molar-refractivity contribution >= 4 is 7.82 Å². The third-order valence-electron chi connectivity index (χ3n) is 0. The molecule has 4 nitrogen and oxygen atoms in total. The summed E-state index contributed by atoms with van der Waals surface area (Å²) in [6.45, 7) is 0. The van der Waals surface area contributed by atoms with E-state index in [1.54, 1.807) is 0 Å². The Balaban J connectivity index is -0.0000000800. The predicted molar refractivity (Wildman–Crippen MR) is 7.61 cm³/mol. The van der Waals surface area contributed by atoms with Gasteiger partial charge >= 0.3 is 41.3 Å². The summed E-state index contributed by atoms with van der Waals surface area (Å²) >= 11 is 0. The van der Waals surface area contributed by atoms with Gasteiger partial charge < -0.3 is 19.2 Å². The Hall–Kier alpha value is 2.67. The molecule has 0 bridgehead atoms. The van der Waals surface area contributed by atoms with Gasteiger partial charge in [0.1, 0.15) is 0 Å². The molecule has 0 saturated carbocycles. The van der Waals surface area contributed by atoms with E-state index in [2.05, 4.69) is 0 Å². The van der Waals surface area contributed by atoms with Crippen LogP contribution in [0.5, 0.6) is 0 Å². The Morgan fingerprint density at radius 3 is 1.14 bits per heavy atom. The second-order valence-electron chi connectivity index (χ2n) is 0.447. The van der Waals surface area contributed by atoms with E-state index in [4.69, 9.17) is 19.2 Å². The summed E-state index contributed by atoms with van der Waals surface area (Å²) in [4.78, 5) is 25.6. The van der Waals surface area contributed by atoms with Crippen LogP contribution in [0.15, 0.2) is 0 Å². The molecule has 35 valence electrons. The fourth-order valence-corrected chi connectivity index (χ4v) is 0. The first-order valence-electron chi connectivity index (χ1n) is 0.730. The predicted octanol–water partition coefficient (Wildman–Crippen LogP) is -2.82. The first-order chi connectivity index (χ1) is 2.00. The molecule has 0 aromatic rings. The summed E-state index contributed by atoms with van der Waals surface area (Å²) in [7, 11) is -5.39. The number of rotatable bonds is 0. The molecular formula is LaO4PPr. The van der Waals surface area contributed by atoms with Gasteiger partial charge in [0.25, 0.3) is 0 Å². The third kappa shape index (κ3) is 54.1. The van der Waals surface area contributed by atoms with Gasteiger partial charge in [0.2, 0.25) is 0 Å². The van der Waals surface area contributed by atoms with Crippen LogP contribution in [0.3, 0.4) is 0 Å². The molecule has 0 aliphatic carbocycles. The Morgan fingerprint density at radius 1 is 1.14 bits per heavy atom. The molecule has 0 spiro atoms. The van der Waals surface area contributed by atoms with Crippen LogP contribution in [0.1, 0.15) is 0 Å². The minimum atomic E-state index is -5.39. The summed E-state index contributed by atoms with van der Waals surface area (Å²) in [6.07, 6.45) is 0. The molecule has 0 saturated heterocycles. The zero-order chi connectivity index (χ0) is 4.50. The number of phosphoric acid groups is 1. The van der Waals surface area contributed by atoms with Gasteiger partial charge in [-0.2, -0.15) is 7.82 Å². The third-order valence-corrected chi connectivity index (χ3v) is 0. The van der Waals surface area contributed by atoms with Crippen LogP contribution < -0.4 is 14.7 Å². The maximum Gasteiger partial charge on any atom is 3.00 e. The molecule has 0 aromatic carbocycles. The van der Waals surface area contributed by atoms with Crippen molar-refractivity contribution in [3.05, 3.63) is 0 Å². The second-order valence-corrected chi connectivity index (χ2v) is 1.34. The van der Waals surface area contributed by atoms with Gasteiger partial charge in [0.15, 0.2) is 0 Å². The fourth-order valence-electron chi connectivity index (χ4n) is 0. The van der Waals surface area contributed by atoms with E-state index in [9.17, 15) is 0 Å². The van der Waals surface area contributed by atoms with Gasteiger partial charge in [-0.25, -0.2) is 0 Å². The zero-order valence-electron chi connectivity index (χ0n) is 3.23. The summed E-state index contributed by atoms with van der Waals surface area (Å²) in [5, 5.41) is 0. The average molecular weight is 375 g/mol. The molecule has 7 heteroatoms. The fraction of sp³-hybridized carbons (Fsp3) is 0. The molecule has 0 N–H and O–H groups in total. The van der Waals surface area contributed by atoms with Crippen molar-refractivity contribution in [3.8, 4) is 0 Å². The van der Waals surface area contributed by atoms with Gasteiger partial charge in [0.05, 0.1) is 0 Å². The van der Waals surface area contributed by atoms with E-state index in [1.807, 2.05) is 0 Å². The Bertz CT molecular complexity index is 57.8. The van der Waals surface area contributed by atoms with E-state index >= 15 is 0 Å². The second kappa shape index (κ2) is 6.78. The number of hydrogen-bond donors (Lipinski definition) is 0. The molecule has 0 aliphatic heterocycles. The van der Waals surface area contributed by atoms with Crippen molar-refractivity contribution < 1.29 is 96.1 Å². The van der Waals surface area contributed by atoms with Crippen molar-refractivity contribution in [1.29, 1.82) is 0 Å². The van der Waals surface area contributed by atoms with Crippen LogP contribution in [0.4, 0.5) is 0 Å². The van der Waals surface area contributed by atoms with Crippen LogP contribution in [0.25, 0.3) is 0 Å². The van der Waals surface area contributed by atoms with Crippen molar-refractivity contribution in [1.82, 2.24) is 0 Å². The molecule has 0 aromatic heterocycles. The molecule has 1 radical (unpaired) electrons.